The van der Waals surface area contributed by atoms with Gasteiger partial charge in [0.2, 0.25) is 5.91 Å². The molecule has 3 rings (SSSR count). The zero-order chi connectivity index (χ0) is 17.8. The smallest absolute Gasteiger partial charge is 0.275 e. The summed E-state index contributed by atoms with van der Waals surface area (Å²) in [4.78, 5) is 26.9. The van der Waals surface area contributed by atoms with Crippen LogP contribution in [0.2, 0.25) is 0 Å². The summed E-state index contributed by atoms with van der Waals surface area (Å²) in [5.74, 6) is -0.236. The number of nitrogens with one attached hydrogen (secondary N) is 1. The number of amides is 1. The summed E-state index contributed by atoms with van der Waals surface area (Å²) in [6.45, 7) is 0.572. The Hall–Kier alpha value is -2.51. The van der Waals surface area contributed by atoms with Crippen LogP contribution in [0.4, 0.5) is 0 Å². The molecular formula is C18H20N4O2S. The van der Waals surface area contributed by atoms with Crippen LogP contribution in [-0.4, -0.2) is 41.2 Å². The van der Waals surface area contributed by atoms with E-state index < -0.39 is 0 Å². The number of likely N-dealkylation sites (N-methyl/N-ethyl adjacent to an activating group) is 1. The van der Waals surface area contributed by atoms with Crippen molar-refractivity contribution in [2.24, 2.45) is 0 Å². The first-order chi connectivity index (χ1) is 12.0. The highest BCUT2D eigenvalue weighted by molar-refractivity contribution is 7.17. The summed E-state index contributed by atoms with van der Waals surface area (Å²) in [6.07, 6.45) is 1.63. The Morgan fingerprint density at radius 1 is 1.28 bits per heavy atom. The van der Waals surface area contributed by atoms with Gasteiger partial charge in [0, 0.05) is 6.54 Å². The molecule has 0 spiro atoms. The van der Waals surface area contributed by atoms with E-state index in [1.807, 2.05) is 54.7 Å². The molecule has 2 aromatic heterocycles. The second-order valence-electron chi connectivity index (χ2n) is 6.10. The number of carbonyl (C=O) groups excluding carboxylic acids is 1. The van der Waals surface area contributed by atoms with Crippen LogP contribution in [0.3, 0.4) is 0 Å². The summed E-state index contributed by atoms with van der Waals surface area (Å²) in [7, 11) is 3.91. The lowest BCUT2D eigenvalue weighted by Gasteiger charge is -2.23. The van der Waals surface area contributed by atoms with E-state index in [4.69, 9.17) is 0 Å². The van der Waals surface area contributed by atoms with Gasteiger partial charge in [0.1, 0.15) is 6.54 Å². The third kappa shape index (κ3) is 4.12. The minimum absolute atomic E-state index is 0.0959. The predicted octanol–water partition coefficient (Wildman–Crippen LogP) is 1.88. The first-order valence-electron chi connectivity index (χ1n) is 7.97. The highest BCUT2D eigenvalue weighted by atomic mass is 32.1. The Morgan fingerprint density at radius 2 is 2.04 bits per heavy atom. The summed E-state index contributed by atoms with van der Waals surface area (Å²) < 4.78 is 2.04. The molecule has 0 aliphatic carbocycles. The minimum atomic E-state index is -0.238. The van der Waals surface area contributed by atoms with Crippen molar-refractivity contribution in [3.63, 3.8) is 0 Å². The minimum Gasteiger partial charge on any atom is -0.346 e. The van der Waals surface area contributed by atoms with Gasteiger partial charge in [0.15, 0.2) is 0 Å². The van der Waals surface area contributed by atoms with Gasteiger partial charge < -0.3 is 10.2 Å². The quantitative estimate of drug-likeness (QED) is 0.732. The Balaban J connectivity index is 1.76. The first kappa shape index (κ1) is 17.3. The van der Waals surface area contributed by atoms with Gasteiger partial charge in [0.25, 0.3) is 5.56 Å². The number of nitrogens with zero attached hydrogens (tertiary/aromatic N) is 3. The molecule has 3 aromatic rings. The van der Waals surface area contributed by atoms with Gasteiger partial charge in [-0.1, -0.05) is 30.3 Å². The van der Waals surface area contributed by atoms with Crippen molar-refractivity contribution in [3.8, 4) is 0 Å². The maximum atomic E-state index is 12.5. The lowest BCUT2D eigenvalue weighted by atomic mass is 10.1. The van der Waals surface area contributed by atoms with Crippen LogP contribution >= 0.6 is 11.3 Å². The molecule has 1 amide bonds. The van der Waals surface area contributed by atoms with Crippen LogP contribution in [0.15, 0.2) is 52.8 Å². The maximum Gasteiger partial charge on any atom is 0.275 e. The molecule has 0 aliphatic rings. The maximum absolute atomic E-state index is 12.5. The van der Waals surface area contributed by atoms with Gasteiger partial charge in [-0.3, -0.25) is 9.59 Å². The summed E-state index contributed by atoms with van der Waals surface area (Å²) >= 11 is 1.46. The number of hydrogen-bond donors (Lipinski definition) is 1. The molecule has 130 valence electrons. The predicted molar refractivity (Wildman–Crippen MR) is 99.8 cm³/mol. The summed E-state index contributed by atoms with van der Waals surface area (Å²) in [5, 5.41) is 9.55. The van der Waals surface area contributed by atoms with Gasteiger partial charge in [-0.05, 0) is 31.1 Å². The van der Waals surface area contributed by atoms with Gasteiger partial charge in [0.05, 0.1) is 22.3 Å². The second kappa shape index (κ2) is 7.58. The normalized spacial score (nSPS) is 12.4. The molecule has 1 N–H and O–H groups in total. The molecule has 7 heteroatoms. The van der Waals surface area contributed by atoms with Crippen LogP contribution in [0.5, 0.6) is 0 Å². The molecule has 0 radical (unpaired) electrons. The van der Waals surface area contributed by atoms with Crippen LogP contribution in [-0.2, 0) is 11.3 Å². The van der Waals surface area contributed by atoms with Gasteiger partial charge in [-0.15, -0.1) is 11.3 Å². The number of thiophene rings is 1. The van der Waals surface area contributed by atoms with Crippen molar-refractivity contribution in [1.29, 1.82) is 0 Å². The third-order valence-corrected chi connectivity index (χ3v) is 4.70. The van der Waals surface area contributed by atoms with Gasteiger partial charge in [-0.2, -0.15) is 5.10 Å². The number of aromatic nitrogens is 2. The first-order valence-corrected chi connectivity index (χ1v) is 8.85. The van der Waals surface area contributed by atoms with E-state index in [1.165, 1.54) is 16.0 Å². The molecule has 0 unspecified atom stereocenters. The Kier molecular flexibility index (Phi) is 5.25. The highest BCUT2D eigenvalue weighted by Gasteiger charge is 2.17. The number of carbonyl (C=O) groups is 1. The molecule has 0 saturated carbocycles. The number of benzene rings is 1. The fourth-order valence-electron chi connectivity index (χ4n) is 2.68. The molecule has 0 saturated heterocycles. The average Bonchev–Trinajstić information content (AvgIpc) is 3.07. The zero-order valence-corrected chi connectivity index (χ0v) is 15.0. The molecule has 0 bridgehead atoms. The van der Waals surface area contributed by atoms with E-state index in [1.54, 1.807) is 12.3 Å². The number of hydrogen-bond acceptors (Lipinski definition) is 5. The van der Waals surface area contributed by atoms with E-state index >= 15 is 0 Å². The topological polar surface area (TPSA) is 67.2 Å². The Morgan fingerprint density at radius 3 is 2.76 bits per heavy atom. The largest absolute Gasteiger partial charge is 0.346 e. The van der Waals surface area contributed by atoms with Crippen molar-refractivity contribution < 1.29 is 4.79 Å². The van der Waals surface area contributed by atoms with E-state index in [0.717, 1.165) is 10.3 Å². The van der Waals surface area contributed by atoms with E-state index in [2.05, 4.69) is 10.4 Å². The average molecular weight is 356 g/mol. The molecule has 0 aliphatic heterocycles. The molecule has 6 nitrogen and oxygen atoms in total. The molecule has 2 heterocycles. The van der Waals surface area contributed by atoms with E-state index in [9.17, 15) is 9.59 Å². The van der Waals surface area contributed by atoms with Crippen LogP contribution in [0.1, 0.15) is 11.6 Å². The van der Waals surface area contributed by atoms with Crippen molar-refractivity contribution in [1.82, 2.24) is 20.0 Å². The Labute approximate surface area is 149 Å². The van der Waals surface area contributed by atoms with E-state index in [-0.39, 0.29) is 24.1 Å². The zero-order valence-electron chi connectivity index (χ0n) is 14.2. The van der Waals surface area contributed by atoms with Crippen LogP contribution in [0.25, 0.3) is 10.1 Å². The van der Waals surface area contributed by atoms with Crippen molar-refractivity contribution in [2.45, 2.75) is 12.6 Å². The molecule has 1 aromatic carbocycles. The lowest BCUT2D eigenvalue weighted by Crippen LogP contribution is -2.39. The number of fused-ring (bicyclic) bond motifs is 1. The molecule has 0 fully saturated rings. The number of rotatable bonds is 6. The van der Waals surface area contributed by atoms with E-state index in [0.29, 0.717) is 11.9 Å². The third-order valence-electron chi connectivity index (χ3n) is 3.85. The SMILES string of the molecule is CN(C)C[C@H](NC(=O)Cn1ncc2sccc2c1=O)c1ccccc1. The van der Waals surface area contributed by atoms with Crippen LogP contribution < -0.4 is 10.9 Å². The van der Waals surface area contributed by atoms with Crippen molar-refractivity contribution in [3.05, 3.63) is 63.9 Å². The molecular weight excluding hydrogens is 336 g/mol. The van der Waals surface area contributed by atoms with Crippen molar-refractivity contribution in [2.75, 3.05) is 20.6 Å². The van der Waals surface area contributed by atoms with Crippen molar-refractivity contribution >= 4 is 27.3 Å². The molecule has 1 atom stereocenters. The fraction of sp³-hybridized carbons (Fsp3) is 0.278. The standard InChI is InChI=1S/C18H20N4O2S/c1-21(2)11-15(13-6-4-3-5-7-13)20-17(23)12-22-18(24)14-8-9-25-16(14)10-19-22/h3-10,15H,11-12H2,1-2H3,(H,20,23)/t15-/m0/s1. The van der Waals surface area contributed by atoms with Gasteiger partial charge >= 0.3 is 0 Å². The lowest BCUT2D eigenvalue weighted by molar-refractivity contribution is -0.122. The molecule has 25 heavy (non-hydrogen) atoms. The fourth-order valence-corrected chi connectivity index (χ4v) is 3.43. The van der Waals surface area contributed by atoms with Crippen LogP contribution in [0, 0.1) is 0 Å². The second-order valence-corrected chi connectivity index (χ2v) is 7.05. The summed E-state index contributed by atoms with van der Waals surface area (Å²) in [6, 6.07) is 11.4. The highest BCUT2D eigenvalue weighted by Crippen LogP contribution is 2.15. The van der Waals surface area contributed by atoms with Gasteiger partial charge in [-0.25, -0.2) is 4.68 Å². The monoisotopic (exact) mass is 356 g/mol. The Bertz CT molecular complexity index is 917. The summed E-state index contributed by atoms with van der Waals surface area (Å²) in [5.41, 5.74) is 0.788.